The van der Waals surface area contributed by atoms with Gasteiger partial charge in [-0.15, -0.1) is 0 Å². The Morgan fingerprint density at radius 1 is 0.794 bits per heavy atom. The Morgan fingerprint density at radius 3 is 1.97 bits per heavy atom. The number of nitrogens with one attached hydrogen (secondary N) is 2. The van der Waals surface area contributed by atoms with Gasteiger partial charge in [0.05, 0.1) is 6.10 Å². The minimum atomic E-state index is -0.695. The average molecular weight is 453 g/mol. The Kier molecular flexibility index (Phi) is 6.90. The van der Waals surface area contributed by atoms with E-state index in [1.54, 1.807) is 12.1 Å². The van der Waals surface area contributed by atoms with E-state index in [4.69, 9.17) is 5.41 Å². The number of hydrogen-bond donors (Lipinski definition) is 3. The van der Waals surface area contributed by atoms with Gasteiger partial charge < -0.3 is 15.8 Å². The summed E-state index contributed by atoms with van der Waals surface area (Å²) in [4.78, 5) is 0. The van der Waals surface area contributed by atoms with Gasteiger partial charge in [-0.1, -0.05) is 80.6 Å². The van der Waals surface area contributed by atoms with Crippen molar-refractivity contribution in [2.45, 2.75) is 25.9 Å². The molecule has 3 nitrogen and oxygen atoms in total. The number of hydrogen-bond acceptors (Lipinski definition) is 3. The molecule has 0 radical (unpaired) electrons. The smallest absolute Gasteiger partial charge is 0.123 e. The molecule has 172 valence electrons. The molecular formula is C30H29FN2O. The molecule has 3 N–H and O–H groups in total. The van der Waals surface area contributed by atoms with Crippen LogP contribution in [0.2, 0.25) is 0 Å². The first kappa shape index (κ1) is 23.4. The second kappa shape index (κ2) is 10.0. The molecular weight excluding hydrogens is 423 g/mol. The molecule has 0 bridgehead atoms. The third-order valence-electron chi connectivity index (χ3n) is 6.38. The van der Waals surface area contributed by atoms with Crippen LogP contribution in [-0.4, -0.2) is 11.3 Å². The van der Waals surface area contributed by atoms with Gasteiger partial charge in [0.1, 0.15) is 5.82 Å². The molecule has 0 saturated heterocycles. The summed E-state index contributed by atoms with van der Waals surface area (Å²) in [7, 11) is 0. The molecule has 4 rings (SSSR count). The van der Waals surface area contributed by atoms with Crippen LogP contribution in [0, 0.1) is 16.6 Å². The maximum Gasteiger partial charge on any atom is 0.123 e. The molecule has 0 spiro atoms. The van der Waals surface area contributed by atoms with Gasteiger partial charge in [-0.05, 0) is 53.1 Å². The van der Waals surface area contributed by atoms with Gasteiger partial charge in [0, 0.05) is 34.5 Å². The highest BCUT2D eigenvalue weighted by Gasteiger charge is 2.39. The normalized spacial score (nSPS) is 13.2. The fourth-order valence-electron chi connectivity index (χ4n) is 4.60. The van der Waals surface area contributed by atoms with E-state index in [0.29, 0.717) is 5.56 Å². The van der Waals surface area contributed by atoms with Crippen molar-refractivity contribution < 1.29 is 9.50 Å². The Labute approximate surface area is 200 Å². The third kappa shape index (κ3) is 4.92. The molecule has 0 heterocycles. The van der Waals surface area contributed by atoms with Crippen LogP contribution >= 0.6 is 0 Å². The van der Waals surface area contributed by atoms with E-state index in [1.807, 2.05) is 66.7 Å². The van der Waals surface area contributed by atoms with Crippen molar-refractivity contribution in [1.29, 1.82) is 5.41 Å². The summed E-state index contributed by atoms with van der Waals surface area (Å²) in [5.41, 5.74) is 4.65. The van der Waals surface area contributed by atoms with Crippen molar-refractivity contribution in [3.8, 4) is 0 Å². The van der Waals surface area contributed by atoms with Crippen LogP contribution in [0.5, 0.6) is 0 Å². The Morgan fingerprint density at radius 2 is 1.38 bits per heavy atom. The van der Waals surface area contributed by atoms with Crippen molar-refractivity contribution >= 4 is 17.6 Å². The molecule has 4 aromatic carbocycles. The van der Waals surface area contributed by atoms with E-state index < -0.39 is 11.5 Å². The topological polar surface area (TPSA) is 56.1 Å². The molecule has 0 amide bonds. The highest BCUT2D eigenvalue weighted by Crippen LogP contribution is 2.49. The SMILES string of the molecule is CC(C)(C(O)c1ccccc1)C(c1ccccc1)c1ccc(Nc2ccc(F)cc2)c(C=N)c1. The standard InChI is InChI=1S/C30H29FN2O/c1-30(2,29(34)22-11-7-4-8-12-22)28(21-9-5-3-6-10-21)23-13-18-27(24(19-23)20-32)33-26-16-14-25(31)15-17-26/h3-20,28-29,32-34H,1-2H3. The first-order valence-corrected chi connectivity index (χ1v) is 11.3. The highest BCUT2D eigenvalue weighted by atomic mass is 19.1. The van der Waals surface area contributed by atoms with E-state index >= 15 is 0 Å². The van der Waals surface area contributed by atoms with Gasteiger partial charge in [-0.3, -0.25) is 0 Å². The molecule has 0 fully saturated rings. The molecule has 0 aliphatic carbocycles. The fraction of sp³-hybridized carbons (Fsp3) is 0.167. The summed E-state index contributed by atoms with van der Waals surface area (Å²) < 4.78 is 13.3. The van der Waals surface area contributed by atoms with Crippen LogP contribution in [0.25, 0.3) is 0 Å². The second-order valence-corrected chi connectivity index (χ2v) is 9.10. The van der Waals surface area contributed by atoms with Gasteiger partial charge in [0.25, 0.3) is 0 Å². The van der Waals surface area contributed by atoms with Gasteiger partial charge in [0.15, 0.2) is 0 Å². The van der Waals surface area contributed by atoms with E-state index in [-0.39, 0.29) is 11.7 Å². The molecule has 0 aliphatic rings. The molecule has 4 heteroatoms. The van der Waals surface area contributed by atoms with Gasteiger partial charge >= 0.3 is 0 Å². The quantitative estimate of drug-likeness (QED) is 0.243. The molecule has 0 saturated carbocycles. The summed E-state index contributed by atoms with van der Waals surface area (Å²) in [6.45, 7) is 4.16. The maximum absolute atomic E-state index is 13.3. The minimum absolute atomic E-state index is 0.123. The first-order chi connectivity index (χ1) is 16.4. The molecule has 34 heavy (non-hydrogen) atoms. The van der Waals surface area contributed by atoms with E-state index in [0.717, 1.165) is 28.1 Å². The maximum atomic E-state index is 13.3. The van der Waals surface area contributed by atoms with Crippen LogP contribution in [0.15, 0.2) is 103 Å². The Bertz CT molecular complexity index is 1240. The van der Waals surface area contributed by atoms with Crippen LogP contribution in [0.4, 0.5) is 15.8 Å². The predicted molar refractivity (Wildman–Crippen MR) is 137 cm³/mol. The lowest BCUT2D eigenvalue weighted by molar-refractivity contribution is 0.0373. The number of benzene rings is 4. The predicted octanol–water partition coefficient (Wildman–Crippen LogP) is 7.46. The van der Waals surface area contributed by atoms with Gasteiger partial charge in [-0.2, -0.15) is 0 Å². The zero-order chi connectivity index (χ0) is 24.1. The van der Waals surface area contributed by atoms with E-state index in [1.165, 1.54) is 18.3 Å². The lowest BCUT2D eigenvalue weighted by Gasteiger charge is -2.39. The van der Waals surface area contributed by atoms with Crippen molar-refractivity contribution in [2.24, 2.45) is 5.41 Å². The van der Waals surface area contributed by atoms with Crippen LogP contribution < -0.4 is 5.32 Å². The monoisotopic (exact) mass is 452 g/mol. The summed E-state index contributed by atoms with van der Waals surface area (Å²) in [6.07, 6.45) is 0.622. The van der Waals surface area contributed by atoms with Crippen molar-refractivity contribution in [3.63, 3.8) is 0 Å². The molecule has 4 aromatic rings. The molecule has 0 aromatic heterocycles. The summed E-state index contributed by atoms with van der Waals surface area (Å²) in [5.74, 6) is -0.416. The van der Waals surface area contributed by atoms with Crippen LogP contribution in [0.1, 0.15) is 48.1 Å². The Hall–Kier alpha value is -3.76. The van der Waals surface area contributed by atoms with Crippen LogP contribution in [-0.2, 0) is 0 Å². The zero-order valence-corrected chi connectivity index (χ0v) is 19.4. The molecule has 2 atom stereocenters. The van der Waals surface area contributed by atoms with Crippen LogP contribution in [0.3, 0.4) is 0 Å². The minimum Gasteiger partial charge on any atom is -0.388 e. The summed E-state index contributed by atoms with van der Waals surface area (Å²) in [6, 6.07) is 32.0. The molecule has 0 aliphatic heterocycles. The van der Waals surface area contributed by atoms with Gasteiger partial charge in [0.2, 0.25) is 0 Å². The van der Waals surface area contributed by atoms with E-state index in [2.05, 4.69) is 31.3 Å². The molecule has 2 unspecified atom stereocenters. The lowest BCUT2D eigenvalue weighted by Crippen LogP contribution is -2.30. The summed E-state index contributed by atoms with van der Waals surface area (Å²) in [5, 5.41) is 22.8. The zero-order valence-electron chi connectivity index (χ0n) is 19.4. The summed E-state index contributed by atoms with van der Waals surface area (Å²) >= 11 is 0. The van der Waals surface area contributed by atoms with Crippen molar-refractivity contribution in [2.75, 3.05) is 5.32 Å². The number of aliphatic hydroxyl groups is 1. The third-order valence-corrected chi connectivity index (χ3v) is 6.38. The van der Waals surface area contributed by atoms with Crippen molar-refractivity contribution in [3.05, 3.63) is 131 Å². The lowest BCUT2D eigenvalue weighted by atomic mass is 9.66. The van der Waals surface area contributed by atoms with Gasteiger partial charge in [-0.25, -0.2) is 4.39 Å². The van der Waals surface area contributed by atoms with E-state index in [9.17, 15) is 9.50 Å². The van der Waals surface area contributed by atoms with Crippen molar-refractivity contribution in [1.82, 2.24) is 0 Å². The first-order valence-electron chi connectivity index (χ1n) is 11.3. The second-order valence-electron chi connectivity index (χ2n) is 9.10. The highest BCUT2D eigenvalue weighted by molar-refractivity contribution is 5.87. The fourth-order valence-corrected chi connectivity index (χ4v) is 4.60. The number of anilines is 2. The number of rotatable bonds is 8. The largest absolute Gasteiger partial charge is 0.388 e. The Balaban J connectivity index is 1.76. The number of aliphatic hydroxyl groups excluding tert-OH is 1. The average Bonchev–Trinajstić information content (AvgIpc) is 2.87. The number of halogens is 1.